The third-order valence-electron chi connectivity index (χ3n) is 2.69. The van der Waals surface area contributed by atoms with Crippen LogP contribution in [0.15, 0.2) is 36.4 Å². The van der Waals surface area contributed by atoms with Gasteiger partial charge in [0.15, 0.2) is 0 Å². The fourth-order valence-corrected chi connectivity index (χ4v) is 4.63. The Morgan fingerprint density at radius 3 is 2.29 bits per heavy atom. The minimum Gasteiger partial charge on any atom is -0.487 e. The van der Waals surface area contributed by atoms with Crippen molar-refractivity contribution in [1.29, 1.82) is 0 Å². The van der Waals surface area contributed by atoms with E-state index in [2.05, 4.69) is 73.8 Å². The maximum Gasteiger partial charge on any atom is 0.307 e. The molecule has 0 fully saturated rings. The quantitative estimate of drug-likeness (QED) is 0.494. The van der Waals surface area contributed by atoms with Gasteiger partial charge in [0.1, 0.15) is 12.4 Å². The zero-order chi connectivity index (χ0) is 15.4. The van der Waals surface area contributed by atoms with Crippen LogP contribution in [0.5, 0.6) is 5.75 Å². The summed E-state index contributed by atoms with van der Waals surface area (Å²) in [4.78, 5) is 10.8. The number of aliphatic carboxylic acids is 1. The van der Waals surface area contributed by atoms with Crippen LogP contribution in [0.4, 0.5) is 0 Å². The van der Waals surface area contributed by atoms with Crippen molar-refractivity contribution in [2.75, 3.05) is 0 Å². The number of hydrogen-bond donors (Lipinski definition) is 1. The van der Waals surface area contributed by atoms with Crippen LogP contribution < -0.4 is 4.74 Å². The molecule has 0 saturated heterocycles. The van der Waals surface area contributed by atoms with Crippen LogP contribution in [-0.2, 0) is 17.8 Å². The zero-order valence-corrected chi connectivity index (χ0v) is 17.2. The Morgan fingerprint density at radius 1 is 1.05 bits per heavy atom. The molecule has 2 rings (SSSR count). The molecule has 0 aliphatic heterocycles. The van der Waals surface area contributed by atoms with Gasteiger partial charge in [-0.1, -0.05) is 12.1 Å². The van der Waals surface area contributed by atoms with Crippen molar-refractivity contribution in [3.8, 4) is 5.75 Å². The average molecular weight is 620 g/mol. The minimum atomic E-state index is -0.825. The van der Waals surface area contributed by atoms with E-state index in [1.807, 2.05) is 30.3 Å². The van der Waals surface area contributed by atoms with Crippen LogP contribution in [0.1, 0.15) is 11.1 Å². The molecule has 3 nitrogen and oxygen atoms in total. The average Bonchev–Trinajstić information content (AvgIpc) is 2.37. The Bertz CT molecular complexity index is 648. The molecule has 110 valence electrons. The predicted octanol–water partition coefficient (Wildman–Crippen LogP) is 4.71. The summed E-state index contributed by atoms with van der Waals surface area (Å²) < 4.78 is 8.94. The van der Waals surface area contributed by atoms with Gasteiger partial charge in [-0.2, -0.15) is 0 Å². The molecule has 0 heterocycles. The van der Waals surface area contributed by atoms with Crippen molar-refractivity contribution < 1.29 is 14.6 Å². The van der Waals surface area contributed by atoms with E-state index in [0.717, 1.165) is 24.0 Å². The van der Waals surface area contributed by atoms with Gasteiger partial charge in [0.25, 0.3) is 0 Å². The summed E-state index contributed by atoms with van der Waals surface area (Å²) in [5.74, 6) is -0.0154. The number of hydrogen-bond acceptors (Lipinski definition) is 2. The summed E-state index contributed by atoms with van der Waals surface area (Å²) in [6.07, 6.45) is 0.0309. The van der Waals surface area contributed by atoms with Gasteiger partial charge in [0.05, 0.1) is 13.6 Å². The van der Waals surface area contributed by atoms with E-state index in [4.69, 9.17) is 9.84 Å². The van der Waals surface area contributed by atoms with Gasteiger partial charge in [0, 0.05) is 3.57 Å². The fourth-order valence-electron chi connectivity index (χ4n) is 1.81. The van der Waals surface area contributed by atoms with E-state index in [1.165, 1.54) is 3.57 Å². The first kappa shape index (κ1) is 17.3. The van der Waals surface area contributed by atoms with E-state index >= 15 is 0 Å². The van der Waals surface area contributed by atoms with Gasteiger partial charge in [0.2, 0.25) is 0 Å². The molecule has 6 heteroatoms. The largest absolute Gasteiger partial charge is 0.487 e. The molecule has 0 aliphatic carbocycles. The Hall–Kier alpha value is -0.100. The molecule has 0 aromatic heterocycles. The van der Waals surface area contributed by atoms with Crippen LogP contribution in [0, 0.1) is 10.7 Å². The smallest absolute Gasteiger partial charge is 0.307 e. The first-order valence-corrected chi connectivity index (χ1v) is 9.26. The Labute approximate surface area is 163 Å². The molecule has 0 atom stereocenters. The Balaban J connectivity index is 2.15. The second-order valence-corrected chi connectivity index (χ2v) is 7.95. The highest BCUT2D eigenvalue weighted by Gasteiger charge is 2.11. The molecule has 0 bridgehead atoms. The topological polar surface area (TPSA) is 46.5 Å². The van der Waals surface area contributed by atoms with Crippen molar-refractivity contribution in [1.82, 2.24) is 0 Å². The van der Waals surface area contributed by atoms with Crippen molar-refractivity contribution >= 4 is 73.7 Å². The van der Waals surface area contributed by atoms with E-state index in [9.17, 15) is 4.79 Å². The second kappa shape index (κ2) is 7.95. The normalized spacial score (nSPS) is 10.4. The van der Waals surface area contributed by atoms with Crippen LogP contribution in [0.25, 0.3) is 0 Å². The summed E-state index contributed by atoms with van der Waals surface area (Å²) in [5, 5.41) is 8.86. The number of carbonyl (C=O) groups is 1. The third-order valence-corrected chi connectivity index (χ3v) is 4.96. The molecule has 1 N–H and O–H groups in total. The van der Waals surface area contributed by atoms with E-state index in [0.29, 0.717) is 6.61 Å². The molecule has 0 saturated carbocycles. The van der Waals surface area contributed by atoms with Gasteiger partial charge < -0.3 is 9.84 Å². The lowest BCUT2D eigenvalue weighted by Crippen LogP contribution is -2.03. The summed E-state index contributed by atoms with van der Waals surface area (Å²) in [6.45, 7) is 0.501. The molecule has 21 heavy (non-hydrogen) atoms. The van der Waals surface area contributed by atoms with Crippen molar-refractivity contribution in [3.63, 3.8) is 0 Å². The minimum absolute atomic E-state index is 0.0309. The van der Waals surface area contributed by atoms with Crippen molar-refractivity contribution in [2.45, 2.75) is 13.0 Å². The maximum atomic E-state index is 10.8. The first-order valence-electron chi connectivity index (χ1n) is 6.02. The standard InChI is InChI=1S/C15H11I3O3/c16-11-3-1-2-9(4-11)8-21-15-12(17)5-10(6-13(15)18)7-14(19)20/h1-6H,7-8H2,(H,19,20). The number of halogens is 3. The molecular weight excluding hydrogens is 609 g/mol. The molecule has 2 aromatic carbocycles. The van der Waals surface area contributed by atoms with Gasteiger partial charge in [-0.25, -0.2) is 0 Å². The summed E-state index contributed by atoms with van der Waals surface area (Å²) in [6, 6.07) is 11.9. The first-order chi connectivity index (χ1) is 9.95. The summed E-state index contributed by atoms with van der Waals surface area (Å²) in [7, 11) is 0. The molecule has 0 radical (unpaired) electrons. The van der Waals surface area contributed by atoms with E-state index in [1.54, 1.807) is 0 Å². The van der Waals surface area contributed by atoms with Crippen LogP contribution >= 0.6 is 67.8 Å². The van der Waals surface area contributed by atoms with Gasteiger partial charge in [-0.3, -0.25) is 4.79 Å². The van der Waals surface area contributed by atoms with Crippen molar-refractivity contribution in [3.05, 3.63) is 58.2 Å². The lowest BCUT2D eigenvalue weighted by atomic mass is 10.1. The maximum absolute atomic E-state index is 10.8. The van der Waals surface area contributed by atoms with E-state index in [-0.39, 0.29) is 6.42 Å². The molecule has 0 unspecified atom stereocenters. The number of carboxylic acid groups (broad SMARTS) is 1. The van der Waals surface area contributed by atoms with Gasteiger partial charge in [-0.05, 0) is 103 Å². The van der Waals surface area contributed by atoms with Gasteiger partial charge in [-0.15, -0.1) is 0 Å². The Kier molecular flexibility index (Phi) is 6.53. The summed E-state index contributed by atoms with van der Waals surface area (Å²) >= 11 is 6.64. The number of benzene rings is 2. The zero-order valence-electron chi connectivity index (χ0n) is 10.8. The monoisotopic (exact) mass is 620 g/mol. The molecule has 2 aromatic rings. The Morgan fingerprint density at radius 2 is 1.71 bits per heavy atom. The summed E-state index contributed by atoms with van der Waals surface area (Å²) in [5.41, 5.74) is 1.90. The third kappa shape index (κ3) is 5.23. The predicted molar refractivity (Wildman–Crippen MR) is 107 cm³/mol. The lowest BCUT2D eigenvalue weighted by molar-refractivity contribution is -0.136. The molecule has 0 aliphatic rings. The lowest BCUT2D eigenvalue weighted by Gasteiger charge is -2.12. The van der Waals surface area contributed by atoms with Gasteiger partial charge >= 0.3 is 5.97 Å². The number of ether oxygens (including phenoxy) is 1. The molecule has 0 spiro atoms. The SMILES string of the molecule is O=C(O)Cc1cc(I)c(OCc2cccc(I)c2)c(I)c1. The molecular formula is C15H11I3O3. The fraction of sp³-hybridized carbons (Fsp3) is 0.133. The highest BCUT2D eigenvalue weighted by atomic mass is 127. The van der Waals surface area contributed by atoms with Crippen LogP contribution in [0.3, 0.4) is 0 Å². The van der Waals surface area contributed by atoms with Crippen LogP contribution in [0.2, 0.25) is 0 Å². The van der Waals surface area contributed by atoms with Crippen molar-refractivity contribution in [2.24, 2.45) is 0 Å². The van der Waals surface area contributed by atoms with Crippen LogP contribution in [-0.4, -0.2) is 11.1 Å². The number of carboxylic acids is 1. The van der Waals surface area contributed by atoms with E-state index < -0.39 is 5.97 Å². The molecule has 0 amide bonds. The highest BCUT2D eigenvalue weighted by molar-refractivity contribution is 14.1. The highest BCUT2D eigenvalue weighted by Crippen LogP contribution is 2.30. The second-order valence-electron chi connectivity index (χ2n) is 4.38. The number of rotatable bonds is 5.